The van der Waals surface area contributed by atoms with Gasteiger partial charge in [0.25, 0.3) is 0 Å². The minimum Gasteiger partial charge on any atom is -0.455 e. The topological polar surface area (TPSA) is 33.4 Å². The smallest absolute Gasteiger partial charge is 0.170 e. The fourth-order valence-electron chi connectivity index (χ4n) is 2.30. The lowest BCUT2D eigenvalue weighted by Crippen LogP contribution is -1.95. The molecule has 0 aliphatic heterocycles. The van der Waals surface area contributed by atoms with E-state index in [-0.39, 0.29) is 11.4 Å². The molecule has 0 aliphatic carbocycles. The summed E-state index contributed by atoms with van der Waals surface area (Å²) in [5, 5.41) is 10.8. The highest BCUT2D eigenvalue weighted by Gasteiger charge is 2.14. The summed E-state index contributed by atoms with van der Waals surface area (Å²) < 4.78 is 18.9. The van der Waals surface area contributed by atoms with E-state index in [1.807, 2.05) is 0 Å². The highest BCUT2D eigenvalue weighted by molar-refractivity contribution is 5.78. The van der Waals surface area contributed by atoms with Gasteiger partial charge in [-0.1, -0.05) is 51.2 Å². The predicted octanol–water partition coefficient (Wildman–Crippen LogP) is 4.97. The molecule has 0 bridgehead atoms. The first kappa shape index (κ1) is 14.1. The molecule has 1 unspecified atom stereocenters. The van der Waals surface area contributed by atoms with Crippen molar-refractivity contribution in [3.8, 4) is 0 Å². The van der Waals surface area contributed by atoms with Gasteiger partial charge in [-0.2, -0.15) is 0 Å². The van der Waals surface area contributed by atoms with Crippen molar-refractivity contribution in [1.82, 2.24) is 0 Å². The third kappa shape index (κ3) is 3.57. The number of unbranched alkanes of at least 4 members (excludes halogenated alkanes) is 4. The van der Waals surface area contributed by atoms with Gasteiger partial charge in [-0.15, -0.1) is 0 Å². The number of aliphatic hydroxyl groups excluding tert-OH is 1. The van der Waals surface area contributed by atoms with Crippen LogP contribution in [0.2, 0.25) is 0 Å². The van der Waals surface area contributed by atoms with E-state index in [0.29, 0.717) is 17.6 Å². The number of aliphatic hydroxyl groups is 1. The lowest BCUT2D eigenvalue weighted by atomic mass is 10.1. The van der Waals surface area contributed by atoms with Gasteiger partial charge in [0.05, 0.1) is 0 Å². The molecule has 1 atom stereocenters. The van der Waals surface area contributed by atoms with Crippen molar-refractivity contribution in [2.24, 2.45) is 0 Å². The van der Waals surface area contributed by atoms with Crippen molar-refractivity contribution >= 4 is 11.0 Å². The molecular weight excluding hydrogens is 243 g/mol. The molecule has 0 spiro atoms. The number of fused-ring (bicyclic) bond motifs is 1. The van der Waals surface area contributed by atoms with E-state index < -0.39 is 6.10 Å². The van der Waals surface area contributed by atoms with Crippen molar-refractivity contribution in [1.29, 1.82) is 0 Å². The molecule has 2 nitrogen and oxygen atoms in total. The SMILES string of the molecule is CCCCCCCC(O)c1cc2cccc(F)c2o1. The van der Waals surface area contributed by atoms with E-state index in [1.165, 1.54) is 25.3 Å². The second-order valence-corrected chi connectivity index (χ2v) is 5.03. The monoisotopic (exact) mass is 264 g/mol. The minimum atomic E-state index is -0.631. The van der Waals surface area contributed by atoms with Gasteiger partial charge in [-0.3, -0.25) is 0 Å². The molecule has 2 rings (SSSR count). The Morgan fingerprint density at radius 2 is 2.00 bits per heavy atom. The number of halogens is 1. The summed E-state index contributed by atoms with van der Waals surface area (Å²) >= 11 is 0. The second-order valence-electron chi connectivity index (χ2n) is 5.03. The van der Waals surface area contributed by atoms with E-state index in [1.54, 1.807) is 18.2 Å². The van der Waals surface area contributed by atoms with E-state index >= 15 is 0 Å². The van der Waals surface area contributed by atoms with E-state index in [9.17, 15) is 9.50 Å². The predicted molar refractivity (Wildman–Crippen MR) is 74.5 cm³/mol. The molecule has 3 heteroatoms. The highest BCUT2D eigenvalue weighted by atomic mass is 19.1. The van der Waals surface area contributed by atoms with Crippen molar-refractivity contribution < 1.29 is 13.9 Å². The Morgan fingerprint density at radius 1 is 1.21 bits per heavy atom. The zero-order valence-corrected chi connectivity index (χ0v) is 11.4. The van der Waals surface area contributed by atoms with Crippen LogP contribution in [0.15, 0.2) is 28.7 Å². The molecule has 104 valence electrons. The van der Waals surface area contributed by atoms with Crippen molar-refractivity contribution in [3.05, 3.63) is 35.8 Å². The zero-order chi connectivity index (χ0) is 13.7. The minimum absolute atomic E-state index is 0.238. The van der Waals surface area contributed by atoms with Crippen LogP contribution < -0.4 is 0 Å². The normalized spacial score (nSPS) is 13.0. The Kier molecular flexibility index (Phi) is 4.97. The van der Waals surface area contributed by atoms with Gasteiger partial charge in [-0.05, 0) is 18.6 Å². The van der Waals surface area contributed by atoms with Crippen LogP contribution in [0.5, 0.6) is 0 Å². The fraction of sp³-hybridized carbons (Fsp3) is 0.500. The molecule has 1 aromatic carbocycles. The van der Waals surface area contributed by atoms with Crippen molar-refractivity contribution in [3.63, 3.8) is 0 Å². The average molecular weight is 264 g/mol. The average Bonchev–Trinajstić information content (AvgIpc) is 2.84. The maximum atomic E-state index is 13.5. The Labute approximate surface area is 113 Å². The molecule has 0 fully saturated rings. The van der Waals surface area contributed by atoms with Gasteiger partial charge < -0.3 is 9.52 Å². The maximum Gasteiger partial charge on any atom is 0.170 e. The van der Waals surface area contributed by atoms with Crippen molar-refractivity contribution in [2.45, 2.75) is 51.6 Å². The molecular formula is C16H21FO2. The first-order valence-electron chi connectivity index (χ1n) is 7.08. The lowest BCUT2D eigenvalue weighted by Gasteiger charge is -2.06. The van der Waals surface area contributed by atoms with Gasteiger partial charge in [0.15, 0.2) is 11.4 Å². The molecule has 1 N–H and O–H groups in total. The molecule has 2 aromatic rings. The van der Waals surface area contributed by atoms with E-state index in [2.05, 4.69) is 6.92 Å². The van der Waals surface area contributed by atoms with Crippen LogP contribution >= 0.6 is 0 Å². The standard InChI is InChI=1S/C16H21FO2/c1-2-3-4-5-6-10-14(18)15-11-12-8-7-9-13(17)16(12)19-15/h7-9,11,14,18H,2-6,10H2,1H3. The number of para-hydroxylation sites is 1. The number of rotatable bonds is 7. The van der Waals surface area contributed by atoms with E-state index in [4.69, 9.17) is 4.42 Å². The van der Waals surface area contributed by atoms with Crippen LogP contribution in [0.4, 0.5) is 4.39 Å². The quantitative estimate of drug-likeness (QED) is 0.716. The van der Waals surface area contributed by atoms with Crippen molar-refractivity contribution in [2.75, 3.05) is 0 Å². The van der Waals surface area contributed by atoms with Crippen LogP contribution in [0.3, 0.4) is 0 Å². The number of hydrogen-bond acceptors (Lipinski definition) is 2. The first-order valence-corrected chi connectivity index (χ1v) is 7.08. The summed E-state index contributed by atoms with van der Waals surface area (Å²) in [7, 11) is 0. The number of furan rings is 1. The van der Waals surface area contributed by atoms with Gasteiger partial charge in [-0.25, -0.2) is 4.39 Å². The van der Waals surface area contributed by atoms with Gasteiger partial charge in [0, 0.05) is 5.39 Å². The van der Waals surface area contributed by atoms with E-state index in [0.717, 1.165) is 12.8 Å². The summed E-state index contributed by atoms with van der Waals surface area (Å²) in [6.07, 6.45) is 5.80. The summed E-state index contributed by atoms with van der Waals surface area (Å²) in [4.78, 5) is 0. The van der Waals surface area contributed by atoms with Crippen LogP contribution in [0, 0.1) is 5.82 Å². The number of hydrogen-bond donors (Lipinski definition) is 1. The molecule has 0 aliphatic rings. The fourth-order valence-corrected chi connectivity index (χ4v) is 2.30. The van der Waals surface area contributed by atoms with Crippen LogP contribution in [-0.4, -0.2) is 5.11 Å². The molecule has 0 radical (unpaired) electrons. The first-order chi connectivity index (χ1) is 9.22. The molecule has 19 heavy (non-hydrogen) atoms. The van der Waals surface area contributed by atoms with Gasteiger partial charge >= 0.3 is 0 Å². The zero-order valence-electron chi connectivity index (χ0n) is 11.4. The largest absolute Gasteiger partial charge is 0.455 e. The lowest BCUT2D eigenvalue weighted by molar-refractivity contribution is 0.138. The molecule has 0 saturated carbocycles. The Morgan fingerprint density at radius 3 is 2.74 bits per heavy atom. The molecule has 0 saturated heterocycles. The Balaban J connectivity index is 1.94. The summed E-state index contributed by atoms with van der Waals surface area (Å²) in [6.45, 7) is 2.18. The number of benzene rings is 1. The summed E-state index contributed by atoms with van der Waals surface area (Å²) in [5.74, 6) is 0.0921. The van der Waals surface area contributed by atoms with Gasteiger partial charge in [0.2, 0.25) is 0 Å². The Bertz CT molecular complexity index is 518. The van der Waals surface area contributed by atoms with Crippen LogP contribution in [0.1, 0.15) is 57.3 Å². The molecule has 0 amide bonds. The second kappa shape index (κ2) is 6.71. The van der Waals surface area contributed by atoms with Gasteiger partial charge in [0.1, 0.15) is 11.9 Å². The molecule has 1 heterocycles. The highest BCUT2D eigenvalue weighted by Crippen LogP contribution is 2.28. The third-order valence-electron chi connectivity index (χ3n) is 3.42. The summed E-state index contributed by atoms with van der Waals surface area (Å²) in [5.41, 5.74) is 0.238. The van der Waals surface area contributed by atoms with Crippen LogP contribution in [-0.2, 0) is 0 Å². The maximum absolute atomic E-state index is 13.5. The molecule has 1 aromatic heterocycles. The third-order valence-corrected chi connectivity index (χ3v) is 3.42. The van der Waals surface area contributed by atoms with Crippen LogP contribution in [0.25, 0.3) is 11.0 Å². The Hall–Kier alpha value is -1.35. The summed E-state index contributed by atoms with van der Waals surface area (Å²) in [6, 6.07) is 6.54.